The predicted molar refractivity (Wildman–Crippen MR) is 129 cm³/mol. The molecule has 2 N–H and O–H groups in total. The van der Waals surface area contributed by atoms with Gasteiger partial charge in [0.2, 0.25) is 0 Å². The largest absolute Gasteiger partial charge is 0.374 e. The van der Waals surface area contributed by atoms with Gasteiger partial charge in [0.1, 0.15) is 6.10 Å². The van der Waals surface area contributed by atoms with E-state index < -0.39 is 0 Å². The molecule has 172 valence electrons. The molecule has 32 heavy (non-hydrogen) atoms. The fraction of sp³-hybridized carbons (Fsp3) is 0.500. The molecule has 4 nitrogen and oxygen atoms in total. The first kappa shape index (κ1) is 23.2. The van der Waals surface area contributed by atoms with Gasteiger partial charge < -0.3 is 19.9 Å². The van der Waals surface area contributed by atoms with Gasteiger partial charge in [-0.05, 0) is 74.1 Å². The zero-order valence-corrected chi connectivity index (χ0v) is 19.2. The summed E-state index contributed by atoms with van der Waals surface area (Å²) in [4.78, 5) is 0. The van der Waals surface area contributed by atoms with Gasteiger partial charge in [-0.2, -0.15) is 0 Å². The molecule has 4 heteroatoms. The summed E-state index contributed by atoms with van der Waals surface area (Å²) in [7, 11) is 0. The molecule has 2 aromatic carbocycles. The first-order valence-electron chi connectivity index (χ1n) is 12.2. The lowest BCUT2D eigenvalue weighted by Gasteiger charge is -2.33. The van der Waals surface area contributed by atoms with Gasteiger partial charge >= 0.3 is 0 Å². The Morgan fingerprint density at radius 3 is 2.53 bits per heavy atom. The van der Waals surface area contributed by atoms with Gasteiger partial charge in [-0.1, -0.05) is 60.7 Å². The summed E-state index contributed by atoms with van der Waals surface area (Å²) < 4.78 is 18.5. The first-order chi connectivity index (χ1) is 15.7. The molecule has 1 aliphatic carbocycles. The van der Waals surface area contributed by atoms with Crippen LogP contribution in [0, 0.1) is 0 Å². The van der Waals surface area contributed by atoms with Crippen molar-refractivity contribution < 1.29 is 14.2 Å². The van der Waals surface area contributed by atoms with Crippen molar-refractivity contribution in [2.75, 3.05) is 6.61 Å². The van der Waals surface area contributed by atoms with Crippen LogP contribution in [0.4, 0.5) is 0 Å². The highest BCUT2D eigenvalue weighted by molar-refractivity contribution is 5.66. The molecular weight excluding hydrogens is 398 g/mol. The van der Waals surface area contributed by atoms with Gasteiger partial charge in [0.05, 0.1) is 19.3 Å². The summed E-state index contributed by atoms with van der Waals surface area (Å²) >= 11 is 0. The lowest BCUT2D eigenvalue weighted by molar-refractivity contribution is -0.228. The van der Waals surface area contributed by atoms with Gasteiger partial charge in [0.15, 0.2) is 6.29 Å². The smallest absolute Gasteiger partial charge is 0.158 e. The molecule has 2 unspecified atom stereocenters. The van der Waals surface area contributed by atoms with Crippen LogP contribution < -0.4 is 5.73 Å². The molecule has 0 saturated carbocycles. The minimum atomic E-state index is -0.239. The molecule has 4 rings (SSSR count). The Hall–Kier alpha value is -1.98. The van der Waals surface area contributed by atoms with Crippen LogP contribution in [0.1, 0.15) is 74.7 Å². The second-order valence-corrected chi connectivity index (χ2v) is 9.13. The van der Waals surface area contributed by atoms with Crippen LogP contribution in [0.3, 0.4) is 0 Å². The van der Waals surface area contributed by atoms with Crippen molar-refractivity contribution in [3.63, 3.8) is 0 Å². The maximum absolute atomic E-state index is 6.30. The number of rotatable bonds is 9. The van der Waals surface area contributed by atoms with E-state index in [1.165, 1.54) is 42.4 Å². The maximum atomic E-state index is 6.30. The molecule has 0 aromatic heterocycles. The number of ether oxygens (including phenoxy) is 3. The van der Waals surface area contributed by atoms with Crippen molar-refractivity contribution >= 4 is 5.57 Å². The lowest BCUT2D eigenvalue weighted by Crippen LogP contribution is -2.37. The van der Waals surface area contributed by atoms with Crippen LogP contribution in [0.15, 0.2) is 60.7 Å². The van der Waals surface area contributed by atoms with E-state index >= 15 is 0 Å². The zero-order valence-electron chi connectivity index (χ0n) is 19.2. The van der Waals surface area contributed by atoms with Crippen molar-refractivity contribution in [2.24, 2.45) is 5.73 Å². The van der Waals surface area contributed by atoms with Gasteiger partial charge in [0.25, 0.3) is 0 Å². The molecule has 1 heterocycles. The first-order valence-corrected chi connectivity index (χ1v) is 12.2. The lowest BCUT2D eigenvalue weighted by atomic mass is 9.93. The summed E-state index contributed by atoms with van der Waals surface area (Å²) in [6, 6.07) is 18.9. The van der Waals surface area contributed by atoms with Crippen molar-refractivity contribution in [1.29, 1.82) is 0 Å². The summed E-state index contributed by atoms with van der Waals surface area (Å²) in [5.74, 6) is 0. The van der Waals surface area contributed by atoms with E-state index in [1.54, 1.807) is 0 Å². The highest BCUT2D eigenvalue weighted by Gasteiger charge is 2.28. The van der Waals surface area contributed by atoms with E-state index in [1.807, 2.05) is 25.1 Å². The zero-order chi connectivity index (χ0) is 22.2. The second kappa shape index (κ2) is 11.8. The normalized spacial score (nSPS) is 23.4. The Morgan fingerprint density at radius 1 is 1.00 bits per heavy atom. The van der Waals surface area contributed by atoms with Gasteiger partial charge in [-0.15, -0.1) is 0 Å². The van der Waals surface area contributed by atoms with E-state index in [0.29, 0.717) is 13.2 Å². The fourth-order valence-electron chi connectivity index (χ4n) is 4.62. The van der Waals surface area contributed by atoms with E-state index in [2.05, 4.69) is 42.5 Å². The second-order valence-electron chi connectivity index (χ2n) is 9.13. The summed E-state index contributed by atoms with van der Waals surface area (Å²) in [5.41, 5.74) is 11.4. The standard InChI is InChI=1S/C28H37NO3/c1-21(29)28(25-11-6-3-7-12-25)32-27-14-8-13-26(31-27)20-30-19-22-15-17-24(18-16-22)23-9-4-2-5-10-23/h3,6-7,9,11-12,15-18,21,26-28H,2,4-5,8,10,13-14,19-20,29H2,1H3/t21-,26?,27?,28-/m1/s1. The Bertz CT molecular complexity index is 847. The van der Waals surface area contributed by atoms with Crippen LogP contribution in [0.5, 0.6) is 0 Å². The maximum Gasteiger partial charge on any atom is 0.158 e. The van der Waals surface area contributed by atoms with Crippen molar-refractivity contribution in [3.05, 3.63) is 77.4 Å². The summed E-state index contributed by atoms with van der Waals surface area (Å²) in [5, 5.41) is 0. The Kier molecular flexibility index (Phi) is 8.52. The van der Waals surface area contributed by atoms with E-state index in [-0.39, 0.29) is 24.5 Å². The monoisotopic (exact) mass is 435 g/mol. The molecule has 0 radical (unpaired) electrons. The van der Waals surface area contributed by atoms with Gasteiger partial charge in [-0.25, -0.2) is 0 Å². The molecule has 2 aromatic rings. The highest BCUT2D eigenvalue weighted by Crippen LogP contribution is 2.29. The summed E-state index contributed by atoms with van der Waals surface area (Å²) in [6.07, 6.45) is 10.0. The topological polar surface area (TPSA) is 53.7 Å². The SMILES string of the molecule is C[C@@H](N)[C@@H](OC1CCCC(COCc2ccc(C3=CCCCC3)cc2)O1)c1ccccc1. The highest BCUT2D eigenvalue weighted by atomic mass is 16.7. The van der Waals surface area contributed by atoms with Crippen LogP contribution in [-0.2, 0) is 20.8 Å². The van der Waals surface area contributed by atoms with Crippen molar-refractivity contribution in [1.82, 2.24) is 0 Å². The molecule has 1 saturated heterocycles. The molecule has 1 fully saturated rings. The number of hydrogen-bond acceptors (Lipinski definition) is 4. The van der Waals surface area contributed by atoms with Crippen LogP contribution in [0.25, 0.3) is 5.57 Å². The molecule has 2 aliphatic rings. The average molecular weight is 436 g/mol. The number of benzene rings is 2. The predicted octanol–water partition coefficient (Wildman–Crippen LogP) is 6.16. The minimum absolute atomic E-state index is 0.0601. The van der Waals surface area contributed by atoms with Crippen LogP contribution in [-0.4, -0.2) is 25.0 Å². The van der Waals surface area contributed by atoms with E-state index in [4.69, 9.17) is 19.9 Å². The van der Waals surface area contributed by atoms with Crippen molar-refractivity contribution in [3.8, 4) is 0 Å². The number of allylic oxidation sites excluding steroid dienone is 2. The minimum Gasteiger partial charge on any atom is -0.374 e. The molecule has 0 bridgehead atoms. The third-order valence-corrected chi connectivity index (χ3v) is 6.40. The Balaban J connectivity index is 1.24. The molecule has 1 aliphatic heterocycles. The molecule has 4 atom stereocenters. The van der Waals surface area contributed by atoms with Crippen LogP contribution in [0.2, 0.25) is 0 Å². The quantitative estimate of drug-likeness (QED) is 0.512. The number of nitrogens with two attached hydrogens (primary N) is 1. The van der Waals surface area contributed by atoms with E-state index in [0.717, 1.165) is 24.8 Å². The fourth-order valence-corrected chi connectivity index (χ4v) is 4.62. The van der Waals surface area contributed by atoms with Gasteiger partial charge in [-0.3, -0.25) is 0 Å². The number of hydrogen-bond donors (Lipinski definition) is 1. The molecular formula is C28H37NO3. The summed E-state index contributed by atoms with van der Waals surface area (Å²) in [6.45, 7) is 3.18. The molecule has 0 amide bonds. The Morgan fingerprint density at radius 2 is 1.81 bits per heavy atom. The van der Waals surface area contributed by atoms with Gasteiger partial charge in [0, 0.05) is 6.04 Å². The van der Waals surface area contributed by atoms with E-state index in [9.17, 15) is 0 Å². The Labute approximate surface area is 192 Å². The average Bonchev–Trinajstić information content (AvgIpc) is 2.84. The molecule has 0 spiro atoms. The van der Waals surface area contributed by atoms with Crippen molar-refractivity contribution in [2.45, 2.75) is 83.0 Å². The third-order valence-electron chi connectivity index (χ3n) is 6.40. The third kappa shape index (κ3) is 6.52. The van der Waals surface area contributed by atoms with Crippen LogP contribution >= 0.6 is 0 Å².